The SMILES string of the molecule is CC1(C)[C@@H]2CC[C@@]1(C(=O)O/N=C(\N)Cc1ccccc1F)C(=O)C2. The Morgan fingerprint density at radius 3 is 2.71 bits per heavy atom. The van der Waals surface area contributed by atoms with Gasteiger partial charge >= 0.3 is 5.97 Å². The van der Waals surface area contributed by atoms with E-state index in [2.05, 4.69) is 5.16 Å². The zero-order valence-corrected chi connectivity index (χ0v) is 13.8. The number of benzene rings is 1. The van der Waals surface area contributed by atoms with Crippen molar-refractivity contribution in [2.75, 3.05) is 0 Å². The third-order valence-electron chi connectivity index (χ3n) is 5.82. The number of hydrogen-bond acceptors (Lipinski definition) is 4. The molecule has 24 heavy (non-hydrogen) atoms. The van der Waals surface area contributed by atoms with E-state index in [0.717, 1.165) is 6.42 Å². The molecule has 2 aliphatic rings. The second kappa shape index (κ2) is 5.69. The third kappa shape index (κ3) is 2.32. The summed E-state index contributed by atoms with van der Waals surface area (Å²) in [6.45, 7) is 3.87. The van der Waals surface area contributed by atoms with Crippen molar-refractivity contribution < 1.29 is 18.8 Å². The molecule has 0 aliphatic heterocycles. The molecule has 2 N–H and O–H groups in total. The molecule has 2 fully saturated rings. The predicted molar refractivity (Wildman–Crippen MR) is 86.4 cm³/mol. The predicted octanol–water partition coefficient (Wildman–Crippen LogP) is 2.58. The van der Waals surface area contributed by atoms with E-state index in [4.69, 9.17) is 10.6 Å². The lowest BCUT2D eigenvalue weighted by molar-refractivity contribution is -0.164. The summed E-state index contributed by atoms with van der Waals surface area (Å²) >= 11 is 0. The van der Waals surface area contributed by atoms with Gasteiger partial charge in [0.15, 0.2) is 5.78 Å². The van der Waals surface area contributed by atoms with Gasteiger partial charge in [0.05, 0.1) is 0 Å². The van der Waals surface area contributed by atoms with E-state index in [9.17, 15) is 14.0 Å². The van der Waals surface area contributed by atoms with Crippen LogP contribution in [0.25, 0.3) is 0 Å². The highest BCUT2D eigenvalue weighted by molar-refractivity contribution is 6.07. The number of carbonyl (C=O) groups is 2. The Morgan fingerprint density at radius 1 is 1.42 bits per heavy atom. The largest absolute Gasteiger partial charge is 0.384 e. The Bertz CT molecular complexity index is 729. The highest BCUT2D eigenvalue weighted by Gasteiger charge is 2.69. The zero-order chi connectivity index (χ0) is 17.5. The van der Waals surface area contributed by atoms with Gasteiger partial charge in [0.2, 0.25) is 0 Å². The third-order valence-corrected chi connectivity index (χ3v) is 5.82. The lowest BCUT2D eigenvalue weighted by Crippen LogP contribution is -2.44. The van der Waals surface area contributed by atoms with Crippen molar-refractivity contribution in [2.24, 2.45) is 27.6 Å². The number of nitrogens with zero attached hydrogens (tertiary/aromatic N) is 1. The molecule has 0 heterocycles. The normalized spacial score (nSPS) is 28.2. The van der Waals surface area contributed by atoms with Crippen molar-refractivity contribution in [2.45, 2.75) is 39.5 Å². The van der Waals surface area contributed by atoms with Crippen molar-refractivity contribution in [1.29, 1.82) is 0 Å². The highest BCUT2D eigenvalue weighted by atomic mass is 19.1. The average Bonchev–Trinajstić information content (AvgIpc) is 2.90. The molecule has 0 saturated heterocycles. The van der Waals surface area contributed by atoms with Gasteiger partial charge in [-0.2, -0.15) is 0 Å². The summed E-state index contributed by atoms with van der Waals surface area (Å²) in [5.74, 6) is -0.920. The van der Waals surface area contributed by atoms with Crippen molar-refractivity contribution in [3.05, 3.63) is 35.6 Å². The van der Waals surface area contributed by atoms with Gasteiger partial charge in [0.1, 0.15) is 17.1 Å². The van der Waals surface area contributed by atoms with Gasteiger partial charge in [-0.05, 0) is 35.8 Å². The first kappa shape index (κ1) is 16.6. The first-order valence-corrected chi connectivity index (χ1v) is 8.09. The quantitative estimate of drug-likeness (QED) is 0.302. The summed E-state index contributed by atoms with van der Waals surface area (Å²) < 4.78 is 13.6. The van der Waals surface area contributed by atoms with Crippen molar-refractivity contribution in [1.82, 2.24) is 0 Å². The van der Waals surface area contributed by atoms with Crippen LogP contribution in [-0.2, 0) is 20.8 Å². The van der Waals surface area contributed by atoms with E-state index in [1.165, 1.54) is 6.07 Å². The summed E-state index contributed by atoms with van der Waals surface area (Å²) in [6, 6.07) is 6.18. The van der Waals surface area contributed by atoms with Crippen LogP contribution in [0.3, 0.4) is 0 Å². The highest BCUT2D eigenvalue weighted by Crippen LogP contribution is 2.64. The Morgan fingerprint density at radius 2 is 2.12 bits per heavy atom. The average molecular weight is 332 g/mol. The number of halogens is 1. The monoisotopic (exact) mass is 332 g/mol. The van der Waals surface area contributed by atoms with Crippen molar-refractivity contribution in [3.8, 4) is 0 Å². The molecular weight excluding hydrogens is 311 g/mol. The molecule has 0 radical (unpaired) electrons. The van der Waals surface area contributed by atoms with Crippen LogP contribution in [0.2, 0.25) is 0 Å². The molecule has 1 aromatic rings. The van der Waals surface area contributed by atoms with Crippen LogP contribution in [0, 0.1) is 22.6 Å². The second-order valence-corrected chi connectivity index (χ2v) is 7.22. The van der Waals surface area contributed by atoms with Gasteiger partial charge in [0.25, 0.3) is 0 Å². The van der Waals surface area contributed by atoms with Crippen LogP contribution in [0.5, 0.6) is 0 Å². The minimum Gasteiger partial charge on any atom is -0.384 e. The fourth-order valence-electron chi connectivity index (χ4n) is 4.20. The van der Waals surface area contributed by atoms with E-state index in [1.807, 2.05) is 13.8 Å². The van der Waals surface area contributed by atoms with Crippen LogP contribution in [0.4, 0.5) is 4.39 Å². The van der Waals surface area contributed by atoms with Gasteiger partial charge in [-0.15, -0.1) is 0 Å². The van der Waals surface area contributed by atoms with Crippen LogP contribution in [0.15, 0.2) is 29.4 Å². The van der Waals surface area contributed by atoms with E-state index in [0.29, 0.717) is 18.4 Å². The fraction of sp³-hybridized carbons (Fsp3) is 0.500. The van der Waals surface area contributed by atoms with E-state index >= 15 is 0 Å². The maximum absolute atomic E-state index is 13.6. The summed E-state index contributed by atoms with van der Waals surface area (Å²) in [5, 5.41) is 3.64. The molecule has 0 spiro atoms. The number of ketones is 1. The molecule has 128 valence electrons. The smallest absolute Gasteiger partial charge is 0.349 e. The molecule has 2 saturated carbocycles. The summed E-state index contributed by atoms with van der Waals surface area (Å²) in [7, 11) is 0. The number of rotatable bonds is 4. The summed E-state index contributed by atoms with van der Waals surface area (Å²) in [4.78, 5) is 30.0. The molecule has 1 aromatic carbocycles. The maximum Gasteiger partial charge on any atom is 0.349 e. The van der Waals surface area contributed by atoms with Crippen molar-refractivity contribution >= 4 is 17.6 Å². The number of hydrogen-bond donors (Lipinski definition) is 1. The minimum atomic E-state index is -1.13. The summed E-state index contributed by atoms with van der Waals surface area (Å²) in [6.07, 6.45) is 1.77. The van der Waals surface area contributed by atoms with Crippen LogP contribution >= 0.6 is 0 Å². The molecule has 2 aliphatic carbocycles. The lowest BCUT2D eigenvalue weighted by atomic mass is 9.69. The standard InChI is InChI=1S/C18H21FN2O3/c1-17(2)12-7-8-18(17,14(22)10-12)16(23)24-21-15(20)9-11-5-3-4-6-13(11)19/h3-6,12H,7-10H2,1-2H3,(H2,20,21)/t12-,18+/m1/s1. The van der Waals surface area contributed by atoms with E-state index < -0.39 is 22.6 Å². The first-order valence-electron chi connectivity index (χ1n) is 8.09. The maximum atomic E-state index is 13.6. The van der Waals surface area contributed by atoms with Crippen LogP contribution in [0.1, 0.15) is 38.7 Å². The molecule has 6 heteroatoms. The van der Waals surface area contributed by atoms with Gasteiger partial charge in [-0.25, -0.2) is 9.18 Å². The van der Waals surface area contributed by atoms with E-state index in [1.54, 1.807) is 18.2 Å². The van der Waals surface area contributed by atoms with Crippen molar-refractivity contribution in [3.63, 3.8) is 0 Å². The Labute approximate surface area is 140 Å². The molecule has 0 unspecified atom stereocenters. The number of carbonyl (C=O) groups excluding carboxylic acids is 2. The molecule has 0 amide bonds. The summed E-state index contributed by atoms with van der Waals surface area (Å²) in [5.41, 5.74) is 4.55. The Balaban J connectivity index is 1.73. The molecule has 2 bridgehead atoms. The number of Topliss-reactive ketones (excluding diaryl/α,β-unsaturated/α-hetero) is 1. The lowest BCUT2D eigenvalue weighted by Gasteiger charge is -2.32. The van der Waals surface area contributed by atoms with E-state index in [-0.39, 0.29) is 24.0 Å². The zero-order valence-electron chi connectivity index (χ0n) is 13.8. The molecule has 5 nitrogen and oxygen atoms in total. The molecule has 2 atom stereocenters. The number of amidine groups is 1. The first-order chi connectivity index (χ1) is 11.3. The fourth-order valence-corrected chi connectivity index (χ4v) is 4.20. The molecule has 3 rings (SSSR count). The van der Waals surface area contributed by atoms with Gasteiger partial charge in [-0.1, -0.05) is 37.2 Å². The van der Waals surface area contributed by atoms with Gasteiger partial charge in [-0.3, -0.25) is 4.79 Å². The minimum absolute atomic E-state index is 0.0114. The number of nitrogens with two attached hydrogens (primary N) is 1. The topological polar surface area (TPSA) is 81.8 Å². The number of fused-ring (bicyclic) bond motifs is 2. The Kier molecular flexibility index (Phi) is 3.94. The molecule has 0 aromatic heterocycles. The molecular formula is C18H21FN2O3. The van der Waals surface area contributed by atoms with Crippen LogP contribution < -0.4 is 5.73 Å². The second-order valence-electron chi connectivity index (χ2n) is 7.22. The van der Waals surface area contributed by atoms with Gasteiger partial charge < -0.3 is 10.6 Å². The van der Waals surface area contributed by atoms with Crippen LogP contribution in [-0.4, -0.2) is 17.6 Å². The van der Waals surface area contributed by atoms with Gasteiger partial charge in [0, 0.05) is 12.8 Å². The Hall–Kier alpha value is -2.24. The number of oxime groups is 1.